The summed E-state index contributed by atoms with van der Waals surface area (Å²) in [5, 5.41) is 8.79. The minimum absolute atomic E-state index is 0.0275. The molecule has 68 valence electrons. The average Bonchev–Trinajstić information content (AvgIpc) is 2.02. The predicted molar refractivity (Wildman–Crippen MR) is 44.0 cm³/mol. The van der Waals surface area contributed by atoms with Gasteiger partial charge in [0.2, 0.25) is 0 Å². The molecule has 0 aromatic heterocycles. The van der Waals surface area contributed by atoms with Crippen molar-refractivity contribution < 1.29 is 13.9 Å². The van der Waals surface area contributed by atoms with Gasteiger partial charge in [-0.2, -0.15) is 0 Å². The molecule has 1 aromatic carbocycles. The van der Waals surface area contributed by atoms with Crippen molar-refractivity contribution in [3.63, 3.8) is 0 Å². The zero-order chi connectivity index (χ0) is 9.84. The predicted octanol–water partition coefficient (Wildman–Crippen LogP) is 0.981. The molecule has 3 N–H and O–H groups in total. The second-order valence-electron chi connectivity index (χ2n) is 2.29. The summed E-state index contributed by atoms with van der Waals surface area (Å²) in [6.07, 6.45) is 0. The Hall–Kier alpha value is -1.60. The van der Waals surface area contributed by atoms with Crippen molar-refractivity contribution in [3.8, 4) is 17.6 Å². The maximum absolute atomic E-state index is 12.9. The number of halogens is 2. The molecule has 13 heavy (non-hydrogen) atoms. The summed E-state index contributed by atoms with van der Waals surface area (Å²) in [6.45, 7) is 0.0275. The van der Waals surface area contributed by atoms with Crippen LogP contribution in [0.15, 0.2) is 12.1 Å². The van der Waals surface area contributed by atoms with Crippen molar-refractivity contribution >= 4 is 0 Å². The van der Waals surface area contributed by atoms with Crippen LogP contribution in [-0.4, -0.2) is 11.7 Å². The van der Waals surface area contributed by atoms with Crippen molar-refractivity contribution in [3.05, 3.63) is 29.3 Å². The Bertz CT molecular complexity index is 356. The third kappa shape index (κ3) is 2.17. The standard InChI is InChI=1S/C9H7F2NO/c10-8-4-6(13)5-9(11)7(8)2-1-3-12/h4-5,13H,3,12H2. The van der Waals surface area contributed by atoms with Gasteiger partial charge in [-0.25, -0.2) is 8.78 Å². The van der Waals surface area contributed by atoms with Crippen molar-refractivity contribution in [2.75, 3.05) is 6.54 Å². The summed E-state index contributed by atoms with van der Waals surface area (Å²) in [7, 11) is 0. The minimum atomic E-state index is -0.890. The van der Waals surface area contributed by atoms with Gasteiger partial charge in [-0.15, -0.1) is 0 Å². The molecule has 1 aromatic rings. The molecule has 0 aliphatic carbocycles. The van der Waals surface area contributed by atoms with Crippen LogP contribution < -0.4 is 5.73 Å². The average molecular weight is 183 g/mol. The fraction of sp³-hybridized carbons (Fsp3) is 0.111. The van der Waals surface area contributed by atoms with E-state index >= 15 is 0 Å². The molecule has 1 rings (SSSR count). The molecule has 4 heteroatoms. The molecule has 0 radical (unpaired) electrons. The molecule has 0 unspecified atom stereocenters. The van der Waals surface area contributed by atoms with Crippen LogP contribution >= 0.6 is 0 Å². The number of benzene rings is 1. The van der Waals surface area contributed by atoms with E-state index in [0.29, 0.717) is 0 Å². The Labute approximate surface area is 74.0 Å². The summed E-state index contributed by atoms with van der Waals surface area (Å²) in [6, 6.07) is 1.59. The lowest BCUT2D eigenvalue weighted by Crippen LogP contribution is -1.95. The van der Waals surface area contributed by atoms with Crippen molar-refractivity contribution in [2.24, 2.45) is 5.73 Å². The van der Waals surface area contributed by atoms with E-state index in [4.69, 9.17) is 10.8 Å². The van der Waals surface area contributed by atoms with Gasteiger partial charge in [0.05, 0.1) is 12.1 Å². The molecule has 0 atom stereocenters. The summed E-state index contributed by atoms with van der Waals surface area (Å²) >= 11 is 0. The molecule has 2 nitrogen and oxygen atoms in total. The molecule has 0 saturated heterocycles. The number of phenols is 1. The molecule has 0 saturated carbocycles. The zero-order valence-electron chi connectivity index (χ0n) is 6.64. The molecular formula is C9H7F2NO. The highest BCUT2D eigenvalue weighted by Crippen LogP contribution is 2.18. The van der Waals surface area contributed by atoms with E-state index in [9.17, 15) is 8.78 Å². The first-order chi connectivity index (χ1) is 6.15. The molecule has 0 aliphatic heterocycles. The third-order valence-corrected chi connectivity index (χ3v) is 1.34. The van der Waals surface area contributed by atoms with Crippen molar-refractivity contribution in [1.82, 2.24) is 0 Å². The Morgan fingerprint density at radius 3 is 2.31 bits per heavy atom. The highest BCUT2D eigenvalue weighted by atomic mass is 19.1. The molecule has 0 amide bonds. The topological polar surface area (TPSA) is 46.2 Å². The fourth-order valence-corrected chi connectivity index (χ4v) is 0.819. The van der Waals surface area contributed by atoms with E-state index in [1.165, 1.54) is 0 Å². The van der Waals surface area contributed by atoms with Crippen LogP contribution in [0.2, 0.25) is 0 Å². The van der Waals surface area contributed by atoms with Gasteiger partial charge in [0.25, 0.3) is 0 Å². The van der Waals surface area contributed by atoms with Crippen LogP contribution in [0.1, 0.15) is 5.56 Å². The van der Waals surface area contributed by atoms with Crippen LogP contribution in [-0.2, 0) is 0 Å². The number of phenolic OH excluding ortho intramolecular Hbond substituents is 1. The maximum Gasteiger partial charge on any atom is 0.145 e. The van der Waals surface area contributed by atoms with E-state index < -0.39 is 17.4 Å². The van der Waals surface area contributed by atoms with Crippen LogP contribution in [0.25, 0.3) is 0 Å². The zero-order valence-corrected chi connectivity index (χ0v) is 6.64. The lowest BCUT2D eigenvalue weighted by molar-refractivity contribution is 0.459. The molecule has 0 aliphatic rings. The summed E-state index contributed by atoms with van der Waals surface area (Å²) in [5.74, 6) is 2.31. The normalized spacial score (nSPS) is 9.15. The Kier molecular flexibility index (Phi) is 2.83. The van der Waals surface area contributed by atoms with Crippen LogP contribution in [0, 0.1) is 23.5 Å². The molecule has 0 bridgehead atoms. The van der Waals surface area contributed by atoms with E-state index in [1.807, 2.05) is 0 Å². The Morgan fingerprint density at radius 1 is 1.31 bits per heavy atom. The van der Waals surface area contributed by atoms with E-state index in [0.717, 1.165) is 12.1 Å². The van der Waals surface area contributed by atoms with Crippen LogP contribution in [0.3, 0.4) is 0 Å². The number of rotatable bonds is 0. The van der Waals surface area contributed by atoms with E-state index in [-0.39, 0.29) is 12.1 Å². The lowest BCUT2D eigenvalue weighted by Gasteiger charge is -1.97. The fourth-order valence-electron chi connectivity index (χ4n) is 0.819. The SMILES string of the molecule is NCC#Cc1c(F)cc(O)cc1F. The van der Waals surface area contributed by atoms with Gasteiger partial charge in [0.15, 0.2) is 0 Å². The van der Waals surface area contributed by atoms with Gasteiger partial charge in [0.1, 0.15) is 17.4 Å². The Morgan fingerprint density at radius 2 is 1.85 bits per heavy atom. The van der Waals surface area contributed by atoms with Gasteiger partial charge in [-0.1, -0.05) is 11.8 Å². The lowest BCUT2D eigenvalue weighted by atomic mass is 10.2. The summed E-state index contributed by atoms with van der Waals surface area (Å²) in [5.41, 5.74) is 4.67. The monoisotopic (exact) mass is 183 g/mol. The smallest absolute Gasteiger partial charge is 0.145 e. The quantitative estimate of drug-likeness (QED) is 0.589. The third-order valence-electron chi connectivity index (χ3n) is 1.34. The van der Waals surface area contributed by atoms with Crippen LogP contribution in [0.5, 0.6) is 5.75 Å². The summed E-state index contributed by atoms with van der Waals surface area (Å²) in [4.78, 5) is 0. The van der Waals surface area contributed by atoms with Gasteiger partial charge < -0.3 is 10.8 Å². The van der Waals surface area contributed by atoms with Gasteiger partial charge in [0, 0.05) is 12.1 Å². The highest BCUT2D eigenvalue weighted by molar-refractivity contribution is 5.40. The van der Waals surface area contributed by atoms with Gasteiger partial charge in [-0.05, 0) is 0 Å². The maximum atomic E-state index is 12.9. The second-order valence-corrected chi connectivity index (χ2v) is 2.29. The van der Waals surface area contributed by atoms with E-state index in [2.05, 4.69) is 11.8 Å². The molecule has 0 fully saturated rings. The number of nitrogens with two attached hydrogens (primary N) is 1. The first-order valence-corrected chi connectivity index (χ1v) is 3.52. The van der Waals surface area contributed by atoms with Crippen LogP contribution in [0.4, 0.5) is 8.78 Å². The Balaban J connectivity index is 3.21. The van der Waals surface area contributed by atoms with Crippen molar-refractivity contribution in [2.45, 2.75) is 0 Å². The molecular weight excluding hydrogens is 176 g/mol. The molecule has 0 heterocycles. The minimum Gasteiger partial charge on any atom is -0.508 e. The number of hydrogen-bond donors (Lipinski definition) is 2. The number of aromatic hydroxyl groups is 1. The first kappa shape index (κ1) is 9.49. The van der Waals surface area contributed by atoms with Gasteiger partial charge >= 0.3 is 0 Å². The number of hydrogen-bond acceptors (Lipinski definition) is 2. The van der Waals surface area contributed by atoms with Gasteiger partial charge in [-0.3, -0.25) is 0 Å². The van der Waals surface area contributed by atoms with Crippen molar-refractivity contribution in [1.29, 1.82) is 0 Å². The van der Waals surface area contributed by atoms with E-state index in [1.54, 1.807) is 0 Å². The summed E-state index contributed by atoms with van der Waals surface area (Å²) < 4.78 is 25.8. The largest absolute Gasteiger partial charge is 0.508 e. The first-order valence-electron chi connectivity index (χ1n) is 3.52. The molecule has 0 spiro atoms. The second kappa shape index (κ2) is 3.87. The highest BCUT2D eigenvalue weighted by Gasteiger charge is 2.07.